The maximum Gasteiger partial charge on any atom is 0.314 e. The first-order valence-corrected chi connectivity index (χ1v) is 21.2. The van der Waals surface area contributed by atoms with Crippen LogP contribution in [0.25, 0.3) is 0 Å². The normalized spacial score (nSPS) is 11.1. The second kappa shape index (κ2) is 40.7. The van der Waals surface area contributed by atoms with Crippen LogP contribution in [0, 0.1) is 0 Å². The molecule has 0 aromatic rings. The molecule has 0 aromatic heterocycles. The lowest BCUT2D eigenvalue weighted by Gasteiger charge is -2.08. The summed E-state index contributed by atoms with van der Waals surface area (Å²) in [5.74, 6) is 0. The molecule has 0 spiro atoms. The van der Waals surface area contributed by atoms with E-state index in [0.717, 1.165) is 51.9 Å². The minimum atomic E-state index is -0.00943. The van der Waals surface area contributed by atoms with Gasteiger partial charge in [0.1, 0.15) is 0 Å². The molecule has 0 aliphatic carbocycles. The average molecular weight is 665 g/mol. The Kier molecular flexibility index (Phi) is 39.4. The third-order valence-corrected chi connectivity index (χ3v) is 9.56. The number of unbranched alkanes of at least 4 members (excludes halogenated alkanes) is 30. The Bertz CT molecular complexity index is 579. The van der Waals surface area contributed by atoms with Crippen LogP contribution in [0.15, 0.2) is 0 Å². The quantitative estimate of drug-likeness (QED) is 0.0495. The van der Waals surface area contributed by atoms with Gasteiger partial charge in [-0.3, -0.25) is 0 Å². The second-order valence-corrected chi connectivity index (χ2v) is 14.3. The molecule has 0 bridgehead atoms. The Labute approximate surface area is 294 Å². The van der Waals surface area contributed by atoms with Gasteiger partial charge in [-0.1, -0.05) is 200 Å². The Balaban J connectivity index is 3.23. The van der Waals surface area contributed by atoms with Crippen molar-refractivity contribution in [2.75, 3.05) is 26.2 Å². The van der Waals surface area contributed by atoms with Gasteiger partial charge in [-0.25, -0.2) is 9.59 Å². The van der Waals surface area contributed by atoms with Crippen LogP contribution in [0.5, 0.6) is 0 Å². The number of hydrogen-bond donors (Lipinski definition) is 4. The number of carbonyl (C=O) groups is 2. The molecule has 0 saturated heterocycles. The molecule has 4 N–H and O–H groups in total. The van der Waals surface area contributed by atoms with E-state index in [0.29, 0.717) is 0 Å². The highest BCUT2D eigenvalue weighted by Gasteiger charge is 2.01. The van der Waals surface area contributed by atoms with Gasteiger partial charge >= 0.3 is 12.1 Å². The zero-order chi connectivity index (χ0) is 34.1. The van der Waals surface area contributed by atoms with Crippen molar-refractivity contribution in [3.8, 4) is 0 Å². The summed E-state index contributed by atoms with van der Waals surface area (Å²) in [6.07, 6.45) is 43.2. The van der Waals surface area contributed by atoms with E-state index in [4.69, 9.17) is 0 Å². The van der Waals surface area contributed by atoms with Gasteiger partial charge in [0.25, 0.3) is 0 Å². The molecule has 0 rings (SSSR count). The van der Waals surface area contributed by atoms with E-state index in [-0.39, 0.29) is 12.1 Å². The van der Waals surface area contributed by atoms with Crippen molar-refractivity contribution in [3.05, 3.63) is 0 Å². The summed E-state index contributed by atoms with van der Waals surface area (Å²) in [5, 5.41) is 12.0. The van der Waals surface area contributed by atoms with Crippen molar-refractivity contribution < 1.29 is 9.59 Å². The van der Waals surface area contributed by atoms with Crippen LogP contribution < -0.4 is 21.3 Å². The largest absolute Gasteiger partial charge is 0.338 e. The molecule has 6 heteroatoms. The third-order valence-electron chi connectivity index (χ3n) is 9.56. The van der Waals surface area contributed by atoms with Gasteiger partial charge < -0.3 is 21.3 Å². The SMILES string of the molecule is CCCCCCCCCCCCCCCNC(=O)NCCCCCCCCCNC(=O)NCCCCCCCCCCCCCCC. The average Bonchev–Trinajstić information content (AvgIpc) is 3.07. The van der Waals surface area contributed by atoms with Crippen molar-refractivity contribution in [1.29, 1.82) is 0 Å². The second-order valence-electron chi connectivity index (χ2n) is 14.3. The lowest BCUT2D eigenvalue weighted by Crippen LogP contribution is -2.36. The molecule has 6 nitrogen and oxygen atoms in total. The molecule has 4 amide bonds. The first kappa shape index (κ1) is 45.5. The van der Waals surface area contributed by atoms with Crippen LogP contribution in [-0.2, 0) is 0 Å². The summed E-state index contributed by atoms with van der Waals surface area (Å²) in [6, 6.07) is -0.0189. The van der Waals surface area contributed by atoms with Crippen molar-refractivity contribution in [3.63, 3.8) is 0 Å². The molecule has 0 saturated carbocycles. The van der Waals surface area contributed by atoms with Gasteiger partial charge in [-0.05, 0) is 25.7 Å². The van der Waals surface area contributed by atoms with Gasteiger partial charge in [0.05, 0.1) is 0 Å². The summed E-state index contributed by atoms with van der Waals surface area (Å²) in [4.78, 5) is 23.9. The molecule has 0 heterocycles. The molecule has 0 aliphatic heterocycles. The summed E-state index contributed by atoms with van der Waals surface area (Å²) >= 11 is 0. The Hall–Kier alpha value is -1.46. The molecule has 0 atom stereocenters. The molecule has 0 aromatic carbocycles. The molecule has 0 radical (unpaired) electrons. The van der Waals surface area contributed by atoms with E-state index < -0.39 is 0 Å². The number of rotatable bonds is 38. The number of nitrogens with one attached hydrogen (secondary N) is 4. The molecular formula is C41H84N4O2. The Morgan fingerprint density at radius 2 is 0.404 bits per heavy atom. The number of carbonyl (C=O) groups excluding carboxylic acids is 2. The maximum absolute atomic E-state index is 12.0. The fraction of sp³-hybridized carbons (Fsp3) is 0.951. The topological polar surface area (TPSA) is 82.3 Å². The van der Waals surface area contributed by atoms with Gasteiger partial charge in [-0.15, -0.1) is 0 Å². The van der Waals surface area contributed by atoms with Crippen LogP contribution in [0.2, 0.25) is 0 Å². The number of amides is 4. The van der Waals surface area contributed by atoms with Crippen molar-refractivity contribution in [2.45, 2.75) is 226 Å². The molecule has 0 fully saturated rings. The van der Waals surface area contributed by atoms with Crippen LogP contribution in [0.1, 0.15) is 226 Å². The zero-order valence-corrected chi connectivity index (χ0v) is 32.0. The Morgan fingerprint density at radius 3 is 0.574 bits per heavy atom. The predicted octanol–water partition coefficient (Wildman–Crippen LogP) is 12.5. The fourth-order valence-corrected chi connectivity index (χ4v) is 6.35. The van der Waals surface area contributed by atoms with Gasteiger partial charge in [-0.2, -0.15) is 0 Å². The highest BCUT2D eigenvalue weighted by molar-refractivity contribution is 5.74. The minimum absolute atomic E-state index is 0.00943. The monoisotopic (exact) mass is 665 g/mol. The molecule has 0 aliphatic rings. The van der Waals surface area contributed by atoms with Crippen LogP contribution in [0.3, 0.4) is 0 Å². The fourth-order valence-electron chi connectivity index (χ4n) is 6.35. The van der Waals surface area contributed by atoms with Crippen LogP contribution in [0.4, 0.5) is 9.59 Å². The summed E-state index contributed by atoms with van der Waals surface area (Å²) in [7, 11) is 0. The predicted molar refractivity (Wildman–Crippen MR) is 207 cm³/mol. The minimum Gasteiger partial charge on any atom is -0.338 e. The Morgan fingerprint density at radius 1 is 0.255 bits per heavy atom. The van der Waals surface area contributed by atoms with Crippen molar-refractivity contribution in [2.24, 2.45) is 0 Å². The standard InChI is InChI=1S/C41H84N4O2/c1-3-5-7-9-11-13-15-17-19-21-24-28-32-36-42-40(46)44-38-34-30-26-23-27-31-35-39-45-41(47)43-37-33-29-25-22-20-18-16-14-12-10-8-6-4-2/h3-39H2,1-2H3,(H2,42,44,46)(H2,43,45,47). The van der Waals surface area contributed by atoms with Gasteiger partial charge in [0.15, 0.2) is 0 Å². The van der Waals surface area contributed by atoms with Crippen LogP contribution >= 0.6 is 0 Å². The van der Waals surface area contributed by atoms with E-state index in [1.807, 2.05) is 0 Å². The molecule has 280 valence electrons. The first-order chi connectivity index (χ1) is 23.2. The van der Waals surface area contributed by atoms with E-state index >= 15 is 0 Å². The van der Waals surface area contributed by atoms with E-state index in [2.05, 4.69) is 35.1 Å². The van der Waals surface area contributed by atoms with E-state index in [1.165, 1.54) is 186 Å². The van der Waals surface area contributed by atoms with Crippen molar-refractivity contribution >= 4 is 12.1 Å². The zero-order valence-electron chi connectivity index (χ0n) is 32.0. The van der Waals surface area contributed by atoms with Gasteiger partial charge in [0.2, 0.25) is 0 Å². The number of hydrogen-bond acceptors (Lipinski definition) is 2. The smallest absolute Gasteiger partial charge is 0.314 e. The third kappa shape index (κ3) is 40.6. The summed E-state index contributed by atoms with van der Waals surface area (Å²) in [6.45, 7) is 7.68. The summed E-state index contributed by atoms with van der Waals surface area (Å²) < 4.78 is 0. The lowest BCUT2D eigenvalue weighted by atomic mass is 10.0. The number of urea groups is 2. The lowest BCUT2D eigenvalue weighted by molar-refractivity contribution is 0.239. The maximum atomic E-state index is 12.0. The van der Waals surface area contributed by atoms with E-state index in [9.17, 15) is 9.59 Å². The highest BCUT2D eigenvalue weighted by atomic mass is 16.2. The van der Waals surface area contributed by atoms with Gasteiger partial charge in [0, 0.05) is 26.2 Å². The first-order valence-electron chi connectivity index (χ1n) is 21.2. The van der Waals surface area contributed by atoms with Crippen LogP contribution in [-0.4, -0.2) is 38.2 Å². The van der Waals surface area contributed by atoms with E-state index in [1.54, 1.807) is 0 Å². The molecular weight excluding hydrogens is 580 g/mol. The molecule has 47 heavy (non-hydrogen) atoms. The highest BCUT2D eigenvalue weighted by Crippen LogP contribution is 2.14. The van der Waals surface area contributed by atoms with Crippen molar-refractivity contribution in [1.82, 2.24) is 21.3 Å². The molecule has 0 unspecified atom stereocenters. The summed E-state index contributed by atoms with van der Waals surface area (Å²) in [5.41, 5.74) is 0.